The van der Waals surface area contributed by atoms with E-state index in [9.17, 15) is 4.79 Å². The summed E-state index contributed by atoms with van der Waals surface area (Å²) < 4.78 is 1.53. The molecule has 21 heavy (non-hydrogen) atoms. The predicted molar refractivity (Wildman–Crippen MR) is 83.5 cm³/mol. The largest absolute Gasteiger partial charge is 0.302 e. The number of hydrogen-bond donors (Lipinski definition) is 0. The molecule has 0 bridgehead atoms. The summed E-state index contributed by atoms with van der Waals surface area (Å²) >= 11 is 1.66. The summed E-state index contributed by atoms with van der Waals surface area (Å²) in [5.74, 6) is 0.678. The van der Waals surface area contributed by atoms with E-state index in [1.807, 2.05) is 19.0 Å². The van der Waals surface area contributed by atoms with Crippen molar-refractivity contribution in [3.05, 3.63) is 26.6 Å². The van der Waals surface area contributed by atoms with Crippen LogP contribution in [0, 0.1) is 11.3 Å². The predicted octanol–water partition coefficient (Wildman–Crippen LogP) is 1.92. The average Bonchev–Trinajstić information content (AvgIpc) is 2.80. The smallest absolute Gasteiger partial charge is 0.263 e. The molecule has 0 radical (unpaired) electrons. The minimum Gasteiger partial charge on any atom is -0.302 e. The molecule has 1 aliphatic rings. The van der Waals surface area contributed by atoms with Crippen molar-refractivity contribution in [1.29, 1.82) is 5.26 Å². The second kappa shape index (κ2) is 5.58. The van der Waals surface area contributed by atoms with Crippen molar-refractivity contribution in [3.8, 4) is 6.07 Å². The van der Waals surface area contributed by atoms with Gasteiger partial charge in [0.25, 0.3) is 5.56 Å². The van der Waals surface area contributed by atoms with Gasteiger partial charge in [-0.15, -0.1) is 11.3 Å². The van der Waals surface area contributed by atoms with Crippen LogP contribution in [-0.4, -0.2) is 28.5 Å². The molecule has 2 heterocycles. The first-order valence-electron chi connectivity index (χ1n) is 7.17. The molecule has 0 spiro atoms. The highest BCUT2D eigenvalue weighted by Crippen LogP contribution is 2.33. The van der Waals surface area contributed by atoms with Gasteiger partial charge in [-0.2, -0.15) is 5.26 Å². The minimum absolute atomic E-state index is 0.0437. The van der Waals surface area contributed by atoms with E-state index >= 15 is 0 Å². The number of thiophene rings is 1. The zero-order valence-electron chi connectivity index (χ0n) is 12.3. The van der Waals surface area contributed by atoms with Crippen LogP contribution in [0.3, 0.4) is 0 Å². The molecular formula is C15H18N4OS. The van der Waals surface area contributed by atoms with Gasteiger partial charge in [0.05, 0.1) is 18.0 Å². The lowest BCUT2D eigenvalue weighted by molar-refractivity contribution is 0.380. The summed E-state index contributed by atoms with van der Waals surface area (Å²) in [6, 6.07) is 2.08. The van der Waals surface area contributed by atoms with Crippen molar-refractivity contribution in [2.45, 2.75) is 38.8 Å². The zero-order valence-corrected chi connectivity index (χ0v) is 13.2. The van der Waals surface area contributed by atoms with Gasteiger partial charge >= 0.3 is 0 Å². The summed E-state index contributed by atoms with van der Waals surface area (Å²) in [5, 5.41) is 9.77. The van der Waals surface area contributed by atoms with Crippen LogP contribution in [-0.2, 0) is 25.9 Å². The number of nitrogens with zero attached hydrogens (tertiary/aromatic N) is 4. The average molecular weight is 302 g/mol. The first kappa shape index (κ1) is 14.2. The van der Waals surface area contributed by atoms with Gasteiger partial charge in [0.2, 0.25) is 0 Å². The molecule has 1 aliphatic carbocycles. The van der Waals surface area contributed by atoms with E-state index in [2.05, 4.69) is 11.1 Å². The summed E-state index contributed by atoms with van der Waals surface area (Å²) in [6.07, 6.45) is 4.34. The molecule has 0 amide bonds. The van der Waals surface area contributed by atoms with Gasteiger partial charge in [0, 0.05) is 4.88 Å². The van der Waals surface area contributed by atoms with Crippen LogP contribution in [0.2, 0.25) is 0 Å². The Morgan fingerprint density at radius 2 is 2.14 bits per heavy atom. The Balaban J connectivity index is 2.27. The van der Waals surface area contributed by atoms with E-state index in [0.717, 1.165) is 29.5 Å². The number of aromatic nitrogens is 2. The SMILES string of the molecule is CN(C)Cc1nc2sc3c(c2c(=O)n1CC#N)CCCC3. The van der Waals surface area contributed by atoms with E-state index in [1.54, 1.807) is 11.3 Å². The summed E-state index contributed by atoms with van der Waals surface area (Å²) in [7, 11) is 3.87. The van der Waals surface area contributed by atoms with Gasteiger partial charge in [0.15, 0.2) is 0 Å². The second-order valence-electron chi connectivity index (χ2n) is 5.71. The third-order valence-electron chi connectivity index (χ3n) is 3.84. The Hall–Kier alpha value is -1.71. The molecule has 0 atom stereocenters. The maximum Gasteiger partial charge on any atom is 0.263 e. The highest BCUT2D eigenvalue weighted by molar-refractivity contribution is 7.18. The van der Waals surface area contributed by atoms with Crippen molar-refractivity contribution >= 4 is 21.6 Å². The van der Waals surface area contributed by atoms with E-state index in [1.165, 1.54) is 21.4 Å². The zero-order chi connectivity index (χ0) is 15.0. The van der Waals surface area contributed by atoms with Gasteiger partial charge < -0.3 is 4.90 Å². The Bertz CT molecular complexity index is 782. The summed E-state index contributed by atoms with van der Waals surface area (Å²) in [6.45, 7) is 0.630. The van der Waals surface area contributed by atoms with Crippen LogP contribution >= 0.6 is 11.3 Å². The van der Waals surface area contributed by atoms with Crippen LogP contribution in [0.5, 0.6) is 0 Å². The standard InChI is InChI=1S/C15H18N4OS/c1-18(2)9-12-17-14-13(15(20)19(12)8-7-16)10-5-3-4-6-11(10)21-14/h3-6,8-9H2,1-2H3. The van der Waals surface area contributed by atoms with Crippen molar-refractivity contribution in [2.24, 2.45) is 0 Å². The van der Waals surface area contributed by atoms with Crippen LogP contribution in [0.25, 0.3) is 10.2 Å². The van der Waals surface area contributed by atoms with Crippen LogP contribution < -0.4 is 5.56 Å². The number of hydrogen-bond acceptors (Lipinski definition) is 5. The molecule has 6 heteroatoms. The van der Waals surface area contributed by atoms with Gasteiger partial charge in [0.1, 0.15) is 17.2 Å². The fourth-order valence-electron chi connectivity index (χ4n) is 2.92. The summed E-state index contributed by atoms with van der Waals surface area (Å²) in [5.41, 5.74) is 1.14. The fraction of sp³-hybridized carbons (Fsp3) is 0.533. The Morgan fingerprint density at radius 3 is 2.86 bits per heavy atom. The highest BCUT2D eigenvalue weighted by atomic mass is 32.1. The number of aryl methyl sites for hydroxylation is 2. The monoisotopic (exact) mass is 302 g/mol. The lowest BCUT2D eigenvalue weighted by atomic mass is 9.97. The van der Waals surface area contributed by atoms with E-state index in [0.29, 0.717) is 12.4 Å². The molecular weight excluding hydrogens is 284 g/mol. The molecule has 0 saturated carbocycles. The Morgan fingerprint density at radius 1 is 1.38 bits per heavy atom. The third-order valence-corrected chi connectivity index (χ3v) is 5.03. The first-order valence-corrected chi connectivity index (χ1v) is 7.99. The van der Waals surface area contributed by atoms with Crippen molar-refractivity contribution in [3.63, 3.8) is 0 Å². The van der Waals surface area contributed by atoms with Crippen molar-refractivity contribution in [1.82, 2.24) is 14.5 Å². The lowest BCUT2D eigenvalue weighted by Crippen LogP contribution is -2.28. The van der Waals surface area contributed by atoms with Crippen molar-refractivity contribution < 1.29 is 0 Å². The maximum atomic E-state index is 12.8. The van der Waals surface area contributed by atoms with Gasteiger partial charge in [-0.1, -0.05) is 0 Å². The molecule has 3 rings (SSSR count). The first-order chi connectivity index (χ1) is 10.1. The van der Waals surface area contributed by atoms with Gasteiger partial charge in [-0.3, -0.25) is 9.36 Å². The molecule has 0 unspecified atom stereocenters. The maximum absolute atomic E-state index is 12.8. The molecule has 2 aromatic rings. The highest BCUT2D eigenvalue weighted by Gasteiger charge is 2.22. The molecule has 0 aromatic carbocycles. The molecule has 0 fully saturated rings. The van der Waals surface area contributed by atoms with Gasteiger partial charge in [-0.25, -0.2) is 4.98 Å². The van der Waals surface area contributed by atoms with Gasteiger partial charge in [-0.05, 0) is 45.3 Å². The topological polar surface area (TPSA) is 61.9 Å². The number of fused-ring (bicyclic) bond motifs is 3. The number of rotatable bonds is 3. The fourth-order valence-corrected chi connectivity index (χ4v) is 4.19. The third kappa shape index (κ3) is 2.47. The van der Waals surface area contributed by atoms with Crippen LogP contribution in [0.1, 0.15) is 29.1 Å². The normalized spacial score (nSPS) is 14.4. The van der Waals surface area contributed by atoms with E-state index in [4.69, 9.17) is 5.26 Å². The Kier molecular flexibility index (Phi) is 3.79. The lowest BCUT2D eigenvalue weighted by Gasteiger charge is -2.14. The van der Waals surface area contributed by atoms with E-state index < -0.39 is 0 Å². The molecule has 2 aromatic heterocycles. The van der Waals surface area contributed by atoms with Crippen LogP contribution in [0.15, 0.2) is 4.79 Å². The molecule has 0 N–H and O–H groups in total. The van der Waals surface area contributed by atoms with Crippen molar-refractivity contribution in [2.75, 3.05) is 14.1 Å². The number of nitriles is 1. The minimum atomic E-state index is -0.0437. The van der Waals surface area contributed by atoms with E-state index in [-0.39, 0.29) is 12.1 Å². The quantitative estimate of drug-likeness (QED) is 0.869. The molecule has 0 saturated heterocycles. The second-order valence-corrected chi connectivity index (χ2v) is 6.79. The van der Waals surface area contributed by atoms with Crippen LogP contribution in [0.4, 0.5) is 0 Å². The Labute approximate surface area is 127 Å². The molecule has 5 nitrogen and oxygen atoms in total. The molecule has 110 valence electrons. The summed E-state index contributed by atoms with van der Waals surface area (Å²) in [4.78, 5) is 21.6. The molecule has 0 aliphatic heterocycles.